The number of benzene rings is 1. The molecule has 3 nitrogen and oxygen atoms in total. The van der Waals surface area contributed by atoms with Crippen molar-refractivity contribution in [3.05, 3.63) is 65.5 Å². The first-order chi connectivity index (χ1) is 9.77. The van der Waals surface area contributed by atoms with Crippen molar-refractivity contribution in [3.63, 3.8) is 0 Å². The SMILES string of the molecule is N[C@@H](C(=O)C1CCCc2cccnc21)c1ccccc1. The number of rotatable bonds is 3. The van der Waals surface area contributed by atoms with Gasteiger partial charge >= 0.3 is 0 Å². The summed E-state index contributed by atoms with van der Waals surface area (Å²) in [5, 5.41) is 0. The van der Waals surface area contributed by atoms with Crippen LogP contribution in [-0.2, 0) is 11.2 Å². The van der Waals surface area contributed by atoms with Crippen LogP contribution in [0.1, 0.15) is 41.6 Å². The third kappa shape index (κ3) is 2.37. The van der Waals surface area contributed by atoms with Gasteiger partial charge < -0.3 is 5.73 Å². The Morgan fingerprint density at radius 2 is 2.00 bits per heavy atom. The molecule has 1 aliphatic carbocycles. The highest BCUT2D eigenvalue weighted by molar-refractivity contribution is 5.91. The topological polar surface area (TPSA) is 56.0 Å². The van der Waals surface area contributed by atoms with E-state index in [0.717, 1.165) is 30.5 Å². The Kier molecular flexibility index (Phi) is 3.61. The largest absolute Gasteiger partial charge is 0.318 e. The normalized spacial score (nSPS) is 19.1. The summed E-state index contributed by atoms with van der Waals surface area (Å²) in [6.45, 7) is 0. The predicted octanol–water partition coefficient (Wildman–Crippen LogP) is 2.77. The van der Waals surface area contributed by atoms with Crippen molar-refractivity contribution in [2.24, 2.45) is 5.73 Å². The molecule has 1 unspecified atom stereocenters. The Morgan fingerprint density at radius 1 is 1.20 bits per heavy atom. The van der Waals surface area contributed by atoms with Crippen molar-refractivity contribution >= 4 is 5.78 Å². The highest BCUT2D eigenvalue weighted by Gasteiger charge is 2.31. The number of aryl methyl sites for hydroxylation is 1. The van der Waals surface area contributed by atoms with Gasteiger partial charge in [-0.05, 0) is 36.5 Å². The van der Waals surface area contributed by atoms with E-state index in [2.05, 4.69) is 11.1 Å². The average Bonchev–Trinajstić information content (AvgIpc) is 2.54. The Bertz CT molecular complexity index is 609. The van der Waals surface area contributed by atoms with Gasteiger partial charge in [0.05, 0.1) is 17.7 Å². The summed E-state index contributed by atoms with van der Waals surface area (Å²) in [6.07, 6.45) is 4.64. The molecule has 0 saturated heterocycles. The van der Waals surface area contributed by atoms with Crippen LogP contribution in [0.4, 0.5) is 0 Å². The lowest BCUT2D eigenvalue weighted by molar-refractivity contribution is -0.122. The van der Waals surface area contributed by atoms with E-state index in [0.29, 0.717) is 0 Å². The quantitative estimate of drug-likeness (QED) is 0.929. The molecule has 3 rings (SSSR count). The number of ketones is 1. The van der Waals surface area contributed by atoms with Gasteiger partial charge in [0.2, 0.25) is 0 Å². The predicted molar refractivity (Wildman–Crippen MR) is 78.3 cm³/mol. The van der Waals surface area contributed by atoms with Gasteiger partial charge in [0.15, 0.2) is 5.78 Å². The summed E-state index contributed by atoms with van der Waals surface area (Å²) in [7, 11) is 0. The third-order valence-electron chi connectivity index (χ3n) is 4.00. The summed E-state index contributed by atoms with van der Waals surface area (Å²) >= 11 is 0. The highest BCUT2D eigenvalue weighted by atomic mass is 16.1. The minimum Gasteiger partial charge on any atom is -0.318 e. The van der Waals surface area contributed by atoms with Gasteiger partial charge in [-0.15, -0.1) is 0 Å². The van der Waals surface area contributed by atoms with Gasteiger partial charge in [-0.3, -0.25) is 9.78 Å². The Labute approximate surface area is 118 Å². The second kappa shape index (κ2) is 5.55. The summed E-state index contributed by atoms with van der Waals surface area (Å²) in [4.78, 5) is 17.1. The number of nitrogens with two attached hydrogens (primary N) is 1. The minimum atomic E-state index is -0.561. The molecule has 0 saturated carbocycles. The molecule has 1 aromatic carbocycles. The number of aromatic nitrogens is 1. The van der Waals surface area contributed by atoms with E-state index in [1.807, 2.05) is 36.4 Å². The first kappa shape index (κ1) is 13.0. The van der Waals surface area contributed by atoms with Gasteiger partial charge in [0.25, 0.3) is 0 Å². The van der Waals surface area contributed by atoms with Crippen LogP contribution in [0.5, 0.6) is 0 Å². The van der Waals surface area contributed by atoms with E-state index in [1.165, 1.54) is 5.56 Å². The Morgan fingerprint density at radius 3 is 2.80 bits per heavy atom. The molecule has 1 aliphatic rings. The van der Waals surface area contributed by atoms with E-state index >= 15 is 0 Å². The van der Waals surface area contributed by atoms with Crippen LogP contribution in [0, 0.1) is 0 Å². The molecule has 2 N–H and O–H groups in total. The van der Waals surface area contributed by atoms with E-state index < -0.39 is 6.04 Å². The summed E-state index contributed by atoms with van der Waals surface area (Å²) in [5.74, 6) is -0.0778. The fourth-order valence-electron chi connectivity index (χ4n) is 2.93. The van der Waals surface area contributed by atoms with Crippen molar-refractivity contribution in [1.29, 1.82) is 0 Å². The number of nitrogens with zero attached hydrogens (tertiary/aromatic N) is 1. The van der Waals surface area contributed by atoms with E-state index in [1.54, 1.807) is 6.20 Å². The lowest BCUT2D eigenvalue weighted by Crippen LogP contribution is -2.29. The van der Waals surface area contributed by atoms with Gasteiger partial charge in [-0.1, -0.05) is 36.4 Å². The molecule has 20 heavy (non-hydrogen) atoms. The summed E-state index contributed by atoms with van der Waals surface area (Å²) in [5.41, 5.74) is 9.14. The Hall–Kier alpha value is -2.00. The minimum absolute atomic E-state index is 0.0795. The van der Waals surface area contributed by atoms with Gasteiger partial charge in [0.1, 0.15) is 0 Å². The highest BCUT2D eigenvalue weighted by Crippen LogP contribution is 2.33. The summed E-state index contributed by atoms with van der Waals surface area (Å²) < 4.78 is 0. The number of carbonyl (C=O) groups excluding carboxylic acids is 1. The zero-order valence-electron chi connectivity index (χ0n) is 11.3. The van der Waals surface area contributed by atoms with Gasteiger partial charge in [-0.25, -0.2) is 0 Å². The van der Waals surface area contributed by atoms with Crippen LogP contribution in [0.25, 0.3) is 0 Å². The number of fused-ring (bicyclic) bond motifs is 1. The number of Topliss-reactive ketones (excluding diaryl/α,β-unsaturated/α-hetero) is 1. The number of hydrogen-bond donors (Lipinski definition) is 1. The van der Waals surface area contributed by atoms with Crippen LogP contribution >= 0.6 is 0 Å². The van der Waals surface area contributed by atoms with Crippen molar-refractivity contribution in [3.8, 4) is 0 Å². The van der Waals surface area contributed by atoms with Crippen molar-refractivity contribution in [1.82, 2.24) is 4.98 Å². The molecule has 2 aromatic rings. The maximum absolute atomic E-state index is 12.7. The first-order valence-electron chi connectivity index (χ1n) is 7.05. The molecule has 102 valence electrons. The monoisotopic (exact) mass is 266 g/mol. The molecule has 2 atom stereocenters. The van der Waals surface area contributed by atoms with Crippen LogP contribution in [-0.4, -0.2) is 10.8 Å². The third-order valence-corrected chi connectivity index (χ3v) is 4.00. The lowest BCUT2D eigenvalue weighted by Gasteiger charge is -2.25. The smallest absolute Gasteiger partial charge is 0.163 e. The molecular weight excluding hydrogens is 248 g/mol. The molecule has 0 radical (unpaired) electrons. The molecule has 0 aliphatic heterocycles. The first-order valence-corrected chi connectivity index (χ1v) is 7.05. The zero-order chi connectivity index (χ0) is 13.9. The number of pyridine rings is 1. The molecule has 0 bridgehead atoms. The summed E-state index contributed by atoms with van der Waals surface area (Å²) in [6, 6.07) is 13.0. The van der Waals surface area contributed by atoms with Crippen molar-refractivity contribution < 1.29 is 4.79 Å². The van der Waals surface area contributed by atoms with Crippen LogP contribution in [0.3, 0.4) is 0 Å². The van der Waals surface area contributed by atoms with Crippen LogP contribution in [0.2, 0.25) is 0 Å². The fourth-order valence-corrected chi connectivity index (χ4v) is 2.93. The van der Waals surface area contributed by atoms with Gasteiger partial charge in [-0.2, -0.15) is 0 Å². The van der Waals surface area contributed by atoms with E-state index in [-0.39, 0.29) is 11.7 Å². The fraction of sp³-hybridized carbons (Fsp3) is 0.294. The second-order valence-corrected chi connectivity index (χ2v) is 5.28. The standard InChI is InChI=1S/C17H18N2O/c18-15(12-6-2-1-3-7-12)17(20)14-10-4-8-13-9-5-11-19-16(13)14/h1-3,5-7,9,11,14-15H,4,8,10,18H2/t14?,15-/m1/s1. The van der Waals surface area contributed by atoms with Crippen molar-refractivity contribution in [2.45, 2.75) is 31.2 Å². The second-order valence-electron chi connectivity index (χ2n) is 5.28. The van der Waals surface area contributed by atoms with Crippen molar-refractivity contribution in [2.75, 3.05) is 0 Å². The number of hydrogen-bond acceptors (Lipinski definition) is 3. The van der Waals surface area contributed by atoms with Gasteiger partial charge in [0, 0.05) is 6.20 Å². The molecule has 0 spiro atoms. The van der Waals surface area contributed by atoms with Crippen LogP contribution < -0.4 is 5.73 Å². The molecular formula is C17H18N2O. The van der Waals surface area contributed by atoms with E-state index in [4.69, 9.17) is 5.73 Å². The molecule has 0 amide bonds. The van der Waals surface area contributed by atoms with Crippen LogP contribution in [0.15, 0.2) is 48.7 Å². The maximum Gasteiger partial charge on any atom is 0.163 e. The molecule has 0 fully saturated rings. The molecule has 3 heteroatoms. The average molecular weight is 266 g/mol. The Balaban J connectivity index is 1.89. The maximum atomic E-state index is 12.7. The lowest BCUT2D eigenvalue weighted by atomic mass is 9.81. The molecule has 1 aromatic heterocycles. The zero-order valence-corrected chi connectivity index (χ0v) is 11.3. The van der Waals surface area contributed by atoms with E-state index in [9.17, 15) is 4.79 Å². The number of carbonyl (C=O) groups is 1. The molecule has 1 heterocycles.